The van der Waals surface area contributed by atoms with Gasteiger partial charge in [0.2, 0.25) is 21.8 Å². The van der Waals surface area contributed by atoms with Gasteiger partial charge < -0.3 is 10.2 Å². The number of amides is 2. The molecular formula is C35H42F3N3O4S. The minimum Gasteiger partial charge on any atom is -0.352 e. The summed E-state index contributed by atoms with van der Waals surface area (Å²) in [5, 5.41) is 3.19. The van der Waals surface area contributed by atoms with Crippen LogP contribution in [0.25, 0.3) is 0 Å². The quantitative estimate of drug-likeness (QED) is 0.223. The number of hydrogen-bond donors (Lipinski definition) is 1. The zero-order valence-corrected chi connectivity index (χ0v) is 27.1. The van der Waals surface area contributed by atoms with E-state index in [0.717, 1.165) is 77.6 Å². The van der Waals surface area contributed by atoms with E-state index in [1.165, 1.54) is 6.07 Å². The number of carbonyl (C=O) groups excluding carboxylic acids is 2. The van der Waals surface area contributed by atoms with E-state index < -0.39 is 27.8 Å². The third-order valence-corrected chi connectivity index (χ3v) is 9.50. The van der Waals surface area contributed by atoms with Crippen molar-refractivity contribution in [2.75, 3.05) is 17.1 Å². The summed E-state index contributed by atoms with van der Waals surface area (Å²) in [6.45, 7) is 1.92. The fraction of sp³-hybridized carbons (Fsp3) is 0.429. The van der Waals surface area contributed by atoms with Gasteiger partial charge in [0.05, 0.1) is 17.5 Å². The predicted molar refractivity (Wildman–Crippen MR) is 174 cm³/mol. The fourth-order valence-corrected chi connectivity index (χ4v) is 6.79. The molecule has 1 fully saturated rings. The third kappa shape index (κ3) is 10.1. The molecule has 46 heavy (non-hydrogen) atoms. The first-order valence-electron chi connectivity index (χ1n) is 15.7. The van der Waals surface area contributed by atoms with Gasteiger partial charge in [-0.2, -0.15) is 13.2 Å². The molecule has 0 aliphatic heterocycles. The molecule has 0 saturated heterocycles. The Bertz CT molecular complexity index is 1560. The monoisotopic (exact) mass is 657 g/mol. The zero-order valence-electron chi connectivity index (χ0n) is 26.3. The van der Waals surface area contributed by atoms with Gasteiger partial charge in [0.25, 0.3) is 0 Å². The van der Waals surface area contributed by atoms with Crippen LogP contribution in [-0.4, -0.2) is 50.0 Å². The molecule has 1 saturated carbocycles. The highest BCUT2D eigenvalue weighted by Gasteiger charge is 2.33. The molecule has 1 N–H and O–H groups in total. The van der Waals surface area contributed by atoms with Gasteiger partial charge in [0, 0.05) is 32.0 Å². The van der Waals surface area contributed by atoms with E-state index >= 15 is 0 Å². The second-order valence-electron chi connectivity index (χ2n) is 12.0. The molecule has 3 aromatic rings. The number of anilines is 1. The van der Waals surface area contributed by atoms with Crippen molar-refractivity contribution in [2.45, 2.75) is 83.1 Å². The van der Waals surface area contributed by atoms with Gasteiger partial charge in [0.15, 0.2) is 0 Å². The second kappa shape index (κ2) is 15.6. The van der Waals surface area contributed by atoms with Crippen LogP contribution in [0.5, 0.6) is 0 Å². The molecule has 0 bridgehead atoms. The van der Waals surface area contributed by atoms with Crippen LogP contribution in [0.3, 0.4) is 0 Å². The van der Waals surface area contributed by atoms with E-state index in [-0.39, 0.29) is 55.9 Å². The number of benzene rings is 3. The summed E-state index contributed by atoms with van der Waals surface area (Å²) in [4.78, 5) is 29.5. The molecule has 7 nitrogen and oxygen atoms in total. The van der Waals surface area contributed by atoms with Crippen LogP contribution in [0.1, 0.15) is 67.2 Å². The van der Waals surface area contributed by atoms with Crippen LogP contribution in [0.4, 0.5) is 18.9 Å². The Kier molecular flexibility index (Phi) is 11.9. The minimum absolute atomic E-state index is 0.0339. The minimum atomic E-state index is -4.64. The van der Waals surface area contributed by atoms with Crippen molar-refractivity contribution >= 4 is 27.5 Å². The highest BCUT2D eigenvalue weighted by Crippen LogP contribution is 2.32. The Morgan fingerprint density at radius 1 is 0.913 bits per heavy atom. The molecule has 0 heterocycles. The summed E-state index contributed by atoms with van der Waals surface area (Å²) >= 11 is 0. The number of halogens is 3. The van der Waals surface area contributed by atoms with Gasteiger partial charge in [-0.25, -0.2) is 8.42 Å². The van der Waals surface area contributed by atoms with Gasteiger partial charge in [-0.3, -0.25) is 13.9 Å². The molecule has 4 rings (SSSR count). The lowest BCUT2D eigenvalue weighted by Crippen LogP contribution is -2.52. The number of rotatable bonds is 13. The van der Waals surface area contributed by atoms with E-state index in [2.05, 4.69) is 5.32 Å². The second-order valence-corrected chi connectivity index (χ2v) is 13.9. The Balaban J connectivity index is 1.59. The van der Waals surface area contributed by atoms with Crippen molar-refractivity contribution in [1.82, 2.24) is 10.2 Å². The zero-order chi connectivity index (χ0) is 33.3. The van der Waals surface area contributed by atoms with E-state index in [9.17, 15) is 31.2 Å². The number of aryl methyl sites for hydroxylation is 1. The lowest BCUT2D eigenvalue weighted by atomic mass is 9.94. The Hall–Kier alpha value is -3.86. The molecule has 0 aromatic heterocycles. The SMILES string of the molecule is Cc1ccc(CN(C(=O)CCCN(c2cccc(C(F)(F)F)c2)S(C)(=O)=O)C(Cc2ccccc2)C(=O)NC2CCCCC2)cc1. The van der Waals surface area contributed by atoms with Gasteiger partial charge in [-0.15, -0.1) is 0 Å². The molecule has 3 aromatic carbocycles. The van der Waals surface area contributed by atoms with Crippen molar-refractivity contribution < 1.29 is 31.2 Å². The average molecular weight is 658 g/mol. The van der Waals surface area contributed by atoms with Crippen LogP contribution in [0.15, 0.2) is 78.9 Å². The van der Waals surface area contributed by atoms with Crippen molar-refractivity contribution in [3.05, 3.63) is 101 Å². The average Bonchev–Trinajstić information content (AvgIpc) is 3.02. The summed E-state index contributed by atoms with van der Waals surface area (Å²) in [6, 6.07) is 20.5. The van der Waals surface area contributed by atoms with Gasteiger partial charge in [-0.05, 0) is 55.5 Å². The normalized spacial score (nSPS) is 14.8. The number of sulfonamides is 1. The summed E-state index contributed by atoms with van der Waals surface area (Å²) in [5.41, 5.74) is 1.68. The van der Waals surface area contributed by atoms with E-state index in [1.54, 1.807) is 4.90 Å². The van der Waals surface area contributed by atoms with Crippen LogP contribution in [0, 0.1) is 6.92 Å². The summed E-state index contributed by atoms with van der Waals surface area (Å²) in [7, 11) is -3.96. The maximum absolute atomic E-state index is 14.0. The first kappa shape index (κ1) is 35.0. The van der Waals surface area contributed by atoms with E-state index in [0.29, 0.717) is 0 Å². The summed E-state index contributed by atoms with van der Waals surface area (Å²) in [5.74, 6) is -0.587. The standard InChI is InChI=1S/C35H42F3N3O4S/c1-26-18-20-28(21-19-26)25-40(32(23-27-11-5-3-6-12-27)34(43)39-30-14-7-4-8-15-30)33(42)17-10-22-41(46(2,44)45)31-16-9-13-29(24-31)35(36,37)38/h3,5-6,9,11-13,16,18-21,24,30,32H,4,7-8,10,14-15,17,22-23,25H2,1-2H3,(H,39,43). The molecule has 11 heteroatoms. The largest absolute Gasteiger partial charge is 0.416 e. The molecule has 1 aliphatic carbocycles. The van der Waals surface area contributed by atoms with Crippen LogP contribution >= 0.6 is 0 Å². The third-order valence-electron chi connectivity index (χ3n) is 8.31. The van der Waals surface area contributed by atoms with Crippen molar-refractivity contribution in [2.24, 2.45) is 0 Å². The van der Waals surface area contributed by atoms with Crippen LogP contribution in [0.2, 0.25) is 0 Å². The number of nitrogens with one attached hydrogen (secondary N) is 1. The maximum Gasteiger partial charge on any atom is 0.416 e. The molecule has 1 unspecified atom stereocenters. The number of hydrogen-bond acceptors (Lipinski definition) is 4. The summed E-state index contributed by atoms with van der Waals surface area (Å²) < 4.78 is 66.3. The highest BCUT2D eigenvalue weighted by molar-refractivity contribution is 7.92. The lowest BCUT2D eigenvalue weighted by Gasteiger charge is -2.34. The lowest BCUT2D eigenvalue weighted by molar-refractivity contribution is -0.141. The molecule has 1 atom stereocenters. The number of nitrogens with zero attached hydrogens (tertiary/aromatic N) is 2. The predicted octanol–water partition coefficient (Wildman–Crippen LogP) is 6.65. The maximum atomic E-state index is 14.0. The van der Waals surface area contributed by atoms with Gasteiger partial charge in [0.1, 0.15) is 6.04 Å². The van der Waals surface area contributed by atoms with E-state index in [4.69, 9.17) is 0 Å². The van der Waals surface area contributed by atoms with Gasteiger partial charge in [-0.1, -0.05) is 85.5 Å². The fourth-order valence-electron chi connectivity index (χ4n) is 5.83. The smallest absolute Gasteiger partial charge is 0.352 e. The van der Waals surface area contributed by atoms with Crippen molar-refractivity contribution in [1.29, 1.82) is 0 Å². The Morgan fingerprint density at radius 2 is 1.59 bits per heavy atom. The summed E-state index contributed by atoms with van der Waals surface area (Å²) in [6.07, 6.45) is 1.44. The molecule has 2 amide bonds. The topological polar surface area (TPSA) is 86.8 Å². The first-order valence-corrected chi connectivity index (χ1v) is 17.5. The first-order chi connectivity index (χ1) is 21.8. The van der Waals surface area contributed by atoms with E-state index in [1.807, 2.05) is 61.5 Å². The Labute approximate surface area is 269 Å². The van der Waals surface area contributed by atoms with Gasteiger partial charge >= 0.3 is 6.18 Å². The highest BCUT2D eigenvalue weighted by atomic mass is 32.2. The molecule has 0 spiro atoms. The number of alkyl halides is 3. The van der Waals surface area contributed by atoms with Crippen LogP contribution in [-0.2, 0) is 38.8 Å². The van der Waals surface area contributed by atoms with Crippen molar-refractivity contribution in [3.63, 3.8) is 0 Å². The molecule has 1 aliphatic rings. The Morgan fingerprint density at radius 3 is 2.22 bits per heavy atom. The molecule has 0 radical (unpaired) electrons. The molecular weight excluding hydrogens is 615 g/mol. The van der Waals surface area contributed by atoms with Crippen molar-refractivity contribution in [3.8, 4) is 0 Å². The molecule has 248 valence electrons. The number of carbonyl (C=O) groups is 2. The van der Waals surface area contributed by atoms with Crippen LogP contribution < -0.4 is 9.62 Å².